The van der Waals surface area contributed by atoms with Gasteiger partial charge in [0.05, 0.1) is 0 Å². The van der Waals surface area contributed by atoms with Crippen molar-refractivity contribution in [1.29, 1.82) is 0 Å². The minimum Gasteiger partial charge on any atom is -0.476 e. The van der Waals surface area contributed by atoms with E-state index in [0.29, 0.717) is 0 Å². The zero-order chi connectivity index (χ0) is 9.35. The molecule has 0 unspecified atom stereocenters. The summed E-state index contributed by atoms with van der Waals surface area (Å²) in [6.45, 7) is 0. The van der Waals surface area contributed by atoms with Crippen LogP contribution in [0, 0.1) is 0 Å². The van der Waals surface area contributed by atoms with Crippen LogP contribution in [-0.4, -0.2) is 31.1 Å². The van der Waals surface area contributed by atoms with Crippen molar-refractivity contribution in [3.05, 3.63) is 11.8 Å². The summed E-state index contributed by atoms with van der Waals surface area (Å²) in [5.41, 5.74) is -0.923. The van der Waals surface area contributed by atoms with Crippen molar-refractivity contribution in [3.8, 4) is 0 Å². The van der Waals surface area contributed by atoms with Gasteiger partial charge in [-0.2, -0.15) is 5.10 Å². The first-order valence-corrected chi connectivity index (χ1v) is 4.37. The Morgan fingerprint density at radius 3 is 2.42 bits per heavy atom. The molecule has 0 aromatic carbocycles. The van der Waals surface area contributed by atoms with Gasteiger partial charge in [0.25, 0.3) is 0 Å². The molecule has 66 valence electrons. The fraction of sp³-hybridized carbons (Fsp3) is 0. The molecule has 0 spiro atoms. The van der Waals surface area contributed by atoms with Crippen LogP contribution < -0.4 is 5.44 Å². The minimum absolute atomic E-state index is 0.423. The van der Waals surface area contributed by atoms with Gasteiger partial charge in [0, 0.05) is 6.07 Å². The molecule has 7 nitrogen and oxygen atoms in total. The van der Waals surface area contributed by atoms with Crippen molar-refractivity contribution in [3.63, 3.8) is 0 Å². The maximum absolute atomic E-state index is 10.5. The standard InChI is InChI=1S/C4H5N2O5P/c7-4(8)2-1-3(6-5-2)12(9,10)11/h1H,(H,5,6)(H,7,8)(H2,9,10,11). The normalized spacial score (nSPS) is 11.5. The fourth-order valence-corrected chi connectivity index (χ4v) is 1.04. The molecule has 8 heteroatoms. The summed E-state index contributed by atoms with van der Waals surface area (Å²) >= 11 is 0. The average Bonchev–Trinajstić information content (AvgIpc) is 2.30. The van der Waals surface area contributed by atoms with Gasteiger partial charge >= 0.3 is 13.6 Å². The summed E-state index contributed by atoms with van der Waals surface area (Å²) < 4.78 is 10.5. The molecule has 1 aromatic rings. The van der Waals surface area contributed by atoms with E-state index in [1.54, 1.807) is 0 Å². The van der Waals surface area contributed by atoms with E-state index in [9.17, 15) is 9.36 Å². The van der Waals surface area contributed by atoms with Gasteiger partial charge in [0.15, 0.2) is 5.69 Å². The van der Waals surface area contributed by atoms with E-state index in [2.05, 4.69) is 5.10 Å². The molecular formula is C4H5N2O5P. The van der Waals surface area contributed by atoms with Gasteiger partial charge in [0.2, 0.25) is 0 Å². The topological polar surface area (TPSA) is 124 Å². The van der Waals surface area contributed by atoms with Crippen LogP contribution in [0.4, 0.5) is 0 Å². The summed E-state index contributed by atoms with van der Waals surface area (Å²) in [7, 11) is -4.42. The second kappa shape index (κ2) is 2.71. The van der Waals surface area contributed by atoms with E-state index in [4.69, 9.17) is 14.9 Å². The van der Waals surface area contributed by atoms with Crippen molar-refractivity contribution in [2.45, 2.75) is 0 Å². The number of carbonyl (C=O) groups is 1. The van der Waals surface area contributed by atoms with Gasteiger partial charge < -0.3 is 14.9 Å². The number of rotatable bonds is 2. The third-order valence-corrected chi connectivity index (χ3v) is 1.95. The van der Waals surface area contributed by atoms with Gasteiger partial charge in [-0.05, 0) is 0 Å². The van der Waals surface area contributed by atoms with Crippen LogP contribution in [0.1, 0.15) is 10.5 Å². The molecule has 12 heavy (non-hydrogen) atoms. The van der Waals surface area contributed by atoms with Crippen molar-refractivity contribution >= 4 is 19.0 Å². The monoisotopic (exact) mass is 192 g/mol. The summed E-state index contributed by atoms with van der Waals surface area (Å²) in [6, 6.07) is 0.795. The zero-order valence-corrected chi connectivity index (χ0v) is 6.52. The van der Waals surface area contributed by atoms with Crippen LogP contribution in [-0.2, 0) is 4.57 Å². The zero-order valence-electron chi connectivity index (χ0n) is 5.63. The molecule has 0 fully saturated rings. The number of H-pyrrole nitrogens is 1. The van der Waals surface area contributed by atoms with Crippen molar-refractivity contribution in [2.24, 2.45) is 0 Å². The molecule has 0 atom stereocenters. The molecule has 0 aliphatic rings. The third-order valence-electron chi connectivity index (χ3n) is 1.10. The lowest BCUT2D eigenvalue weighted by molar-refractivity contribution is 0.0690. The second-order valence-corrected chi connectivity index (χ2v) is 3.56. The number of hydrogen-bond donors (Lipinski definition) is 4. The number of carboxylic acid groups (broad SMARTS) is 1. The first-order valence-electron chi connectivity index (χ1n) is 2.76. The lowest BCUT2D eigenvalue weighted by Crippen LogP contribution is -2.03. The van der Waals surface area contributed by atoms with Crippen molar-refractivity contribution < 1.29 is 24.3 Å². The molecule has 1 heterocycles. The molecule has 0 saturated heterocycles. The number of hydrogen-bond acceptors (Lipinski definition) is 3. The molecule has 0 radical (unpaired) electrons. The lowest BCUT2D eigenvalue weighted by Gasteiger charge is -1.95. The first-order chi connectivity index (χ1) is 5.41. The Balaban J connectivity index is 3.08. The van der Waals surface area contributed by atoms with E-state index in [1.807, 2.05) is 5.10 Å². The minimum atomic E-state index is -4.42. The average molecular weight is 192 g/mol. The van der Waals surface area contributed by atoms with Crippen LogP contribution in [0.15, 0.2) is 6.07 Å². The summed E-state index contributed by atoms with van der Waals surface area (Å²) in [6.07, 6.45) is 0. The third kappa shape index (κ3) is 1.70. The Morgan fingerprint density at radius 2 is 2.17 bits per heavy atom. The molecule has 0 bridgehead atoms. The molecule has 0 amide bonds. The van der Waals surface area contributed by atoms with Crippen LogP contribution in [0.25, 0.3) is 0 Å². The predicted octanol–water partition coefficient (Wildman–Crippen LogP) is -1.09. The Morgan fingerprint density at radius 1 is 1.58 bits per heavy atom. The number of aromatic nitrogens is 2. The van der Waals surface area contributed by atoms with Crippen molar-refractivity contribution in [2.75, 3.05) is 0 Å². The Hall–Kier alpha value is -1.17. The number of aromatic amines is 1. The molecule has 0 aliphatic carbocycles. The fourth-order valence-electron chi connectivity index (χ4n) is 0.570. The highest BCUT2D eigenvalue weighted by Crippen LogP contribution is 2.31. The molecule has 0 saturated carbocycles. The highest BCUT2D eigenvalue weighted by molar-refractivity contribution is 7.60. The number of nitrogens with one attached hydrogen (secondary N) is 1. The predicted molar refractivity (Wildman–Crippen MR) is 37.2 cm³/mol. The molecular weight excluding hydrogens is 187 g/mol. The van der Waals surface area contributed by atoms with E-state index in [0.717, 1.165) is 6.07 Å². The SMILES string of the molecule is O=C(O)c1cc(P(=O)(O)O)[nH]n1. The Labute approximate surface area is 66.2 Å². The molecule has 0 aliphatic heterocycles. The second-order valence-electron chi connectivity index (χ2n) is 1.99. The van der Waals surface area contributed by atoms with Crippen LogP contribution in [0.5, 0.6) is 0 Å². The molecule has 4 N–H and O–H groups in total. The van der Waals surface area contributed by atoms with Crippen LogP contribution in [0.2, 0.25) is 0 Å². The summed E-state index contributed by atoms with van der Waals surface area (Å²) in [4.78, 5) is 27.3. The highest BCUT2D eigenvalue weighted by atomic mass is 31.2. The highest BCUT2D eigenvalue weighted by Gasteiger charge is 2.21. The van der Waals surface area contributed by atoms with E-state index in [-0.39, 0.29) is 0 Å². The van der Waals surface area contributed by atoms with Gasteiger partial charge in [-0.15, -0.1) is 0 Å². The van der Waals surface area contributed by atoms with Crippen molar-refractivity contribution in [1.82, 2.24) is 10.2 Å². The van der Waals surface area contributed by atoms with E-state index in [1.165, 1.54) is 0 Å². The van der Waals surface area contributed by atoms with Gasteiger partial charge in [-0.25, -0.2) is 4.79 Å². The maximum atomic E-state index is 10.5. The summed E-state index contributed by atoms with van der Waals surface area (Å²) in [5.74, 6) is -1.34. The smallest absolute Gasteiger partial charge is 0.373 e. The summed E-state index contributed by atoms with van der Waals surface area (Å²) in [5, 5.41) is 13.4. The number of aromatic carboxylic acids is 1. The largest absolute Gasteiger partial charge is 0.476 e. The quantitative estimate of drug-likeness (QED) is 0.441. The van der Waals surface area contributed by atoms with Gasteiger partial charge in [-0.1, -0.05) is 0 Å². The van der Waals surface area contributed by atoms with Gasteiger partial charge in [-0.3, -0.25) is 9.66 Å². The van der Waals surface area contributed by atoms with Crippen LogP contribution >= 0.6 is 7.60 Å². The maximum Gasteiger partial charge on any atom is 0.373 e. The molecule has 1 aromatic heterocycles. The Kier molecular flexibility index (Phi) is 2.01. The number of nitrogens with zero attached hydrogens (tertiary/aromatic N) is 1. The van der Waals surface area contributed by atoms with Crippen LogP contribution in [0.3, 0.4) is 0 Å². The first kappa shape index (κ1) is 8.92. The Bertz CT molecular complexity index is 352. The van der Waals surface area contributed by atoms with Gasteiger partial charge in [0.1, 0.15) is 5.44 Å². The lowest BCUT2D eigenvalue weighted by atomic mass is 10.4. The molecule has 1 rings (SSSR count). The number of carboxylic acids is 1. The van der Waals surface area contributed by atoms with E-state index >= 15 is 0 Å². The van der Waals surface area contributed by atoms with E-state index < -0.39 is 24.7 Å².